The number of ether oxygens (including phenoxy) is 1. The predicted molar refractivity (Wildman–Crippen MR) is 128 cm³/mol. The van der Waals surface area contributed by atoms with Crippen molar-refractivity contribution in [2.45, 2.75) is 23.9 Å². The molecule has 1 N–H and O–H groups in total. The molecule has 0 atom stereocenters. The Balaban J connectivity index is 1.34. The van der Waals surface area contributed by atoms with E-state index in [-0.39, 0.29) is 11.9 Å². The molecule has 8 nitrogen and oxygen atoms in total. The fraction of sp³-hybridized carbons (Fsp3) is 0.174. The van der Waals surface area contributed by atoms with Crippen LogP contribution in [0.1, 0.15) is 37.7 Å². The summed E-state index contributed by atoms with van der Waals surface area (Å²) in [7, 11) is 1.36. The highest BCUT2D eigenvalue weighted by Gasteiger charge is 2.12. The first-order valence-electron chi connectivity index (χ1n) is 10.0. The van der Waals surface area contributed by atoms with Crippen molar-refractivity contribution in [2.75, 3.05) is 12.4 Å². The summed E-state index contributed by atoms with van der Waals surface area (Å²) in [5.74, 6) is 0.0543. The summed E-state index contributed by atoms with van der Waals surface area (Å²) in [6, 6.07) is 16.5. The van der Waals surface area contributed by atoms with Crippen molar-refractivity contribution in [3.63, 3.8) is 0 Å². The van der Waals surface area contributed by atoms with Crippen molar-refractivity contribution in [1.29, 1.82) is 0 Å². The van der Waals surface area contributed by atoms with E-state index < -0.39 is 0 Å². The van der Waals surface area contributed by atoms with Crippen molar-refractivity contribution in [2.24, 2.45) is 0 Å². The van der Waals surface area contributed by atoms with Crippen LogP contribution in [0.2, 0.25) is 0 Å². The molecular formula is C23H21N5O3S2. The van der Waals surface area contributed by atoms with Crippen LogP contribution >= 0.6 is 23.1 Å². The Bertz CT molecular complexity index is 1280. The van der Waals surface area contributed by atoms with E-state index in [0.29, 0.717) is 22.0 Å². The number of aromatic nitrogens is 4. The number of nitrogens with one attached hydrogen (secondary N) is 1. The minimum atomic E-state index is -0.361. The molecule has 0 aliphatic rings. The number of nitrogens with zero attached hydrogens (tertiary/aromatic N) is 4. The third-order valence-corrected chi connectivity index (χ3v) is 6.79. The molecule has 2 heterocycles. The molecule has 0 unspecified atom stereocenters. The van der Waals surface area contributed by atoms with E-state index in [4.69, 9.17) is 4.74 Å². The second kappa shape index (κ2) is 9.97. The molecule has 0 saturated heterocycles. The summed E-state index contributed by atoms with van der Waals surface area (Å²) in [5, 5.41) is 15.9. The van der Waals surface area contributed by atoms with Gasteiger partial charge in [0.1, 0.15) is 0 Å². The largest absolute Gasteiger partial charge is 0.465 e. The maximum atomic E-state index is 12.6. The second-order valence-electron chi connectivity index (χ2n) is 7.19. The van der Waals surface area contributed by atoms with Crippen LogP contribution in [0.3, 0.4) is 0 Å². The molecule has 0 aliphatic carbocycles. The fourth-order valence-electron chi connectivity index (χ4n) is 3.13. The van der Waals surface area contributed by atoms with E-state index in [1.807, 2.05) is 48.9 Å². The number of amides is 1. The lowest BCUT2D eigenvalue weighted by molar-refractivity contribution is 0.0600. The summed E-state index contributed by atoms with van der Waals surface area (Å²) < 4.78 is 7.28. The summed E-state index contributed by atoms with van der Waals surface area (Å²) in [6.07, 6.45) is 0. The van der Waals surface area contributed by atoms with E-state index in [9.17, 15) is 9.59 Å². The molecule has 0 saturated carbocycles. The highest BCUT2D eigenvalue weighted by atomic mass is 32.2. The van der Waals surface area contributed by atoms with Crippen LogP contribution in [-0.2, 0) is 10.5 Å². The molecule has 33 heavy (non-hydrogen) atoms. The van der Waals surface area contributed by atoms with Crippen LogP contribution in [0.5, 0.6) is 0 Å². The number of benzene rings is 2. The number of aryl methyl sites for hydroxylation is 2. The molecule has 4 rings (SSSR count). The lowest BCUT2D eigenvalue weighted by Crippen LogP contribution is -2.12. The Morgan fingerprint density at radius 2 is 1.73 bits per heavy atom. The van der Waals surface area contributed by atoms with Crippen LogP contribution in [0.25, 0.3) is 5.69 Å². The molecule has 2 aromatic carbocycles. The zero-order chi connectivity index (χ0) is 23.4. The number of hydrogen-bond acceptors (Lipinski definition) is 8. The molecular weight excluding hydrogens is 458 g/mol. The van der Waals surface area contributed by atoms with Gasteiger partial charge in [0.2, 0.25) is 5.13 Å². The third-order valence-electron chi connectivity index (χ3n) is 4.75. The van der Waals surface area contributed by atoms with Gasteiger partial charge in [-0.3, -0.25) is 10.1 Å². The Labute approximate surface area is 199 Å². The van der Waals surface area contributed by atoms with E-state index in [1.165, 1.54) is 30.2 Å². The molecule has 0 aliphatic heterocycles. The van der Waals surface area contributed by atoms with Crippen LogP contribution in [-0.4, -0.2) is 39.0 Å². The van der Waals surface area contributed by atoms with Crippen LogP contribution < -0.4 is 5.32 Å². The van der Waals surface area contributed by atoms with Gasteiger partial charge in [-0.2, -0.15) is 5.10 Å². The molecule has 168 valence electrons. The van der Waals surface area contributed by atoms with Gasteiger partial charge in [-0.15, -0.1) is 10.2 Å². The molecule has 0 spiro atoms. The van der Waals surface area contributed by atoms with E-state index in [1.54, 1.807) is 24.3 Å². The molecule has 0 radical (unpaired) electrons. The molecule has 10 heteroatoms. The Kier molecular flexibility index (Phi) is 6.85. The van der Waals surface area contributed by atoms with Crippen LogP contribution in [0, 0.1) is 13.8 Å². The first kappa shape index (κ1) is 22.7. The molecule has 0 bridgehead atoms. The number of methoxy groups -OCH3 is 1. The Morgan fingerprint density at radius 3 is 2.36 bits per heavy atom. The number of carbonyl (C=O) groups is 2. The second-order valence-corrected chi connectivity index (χ2v) is 9.39. The smallest absolute Gasteiger partial charge is 0.337 e. The fourth-order valence-corrected chi connectivity index (χ4v) is 4.84. The van der Waals surface area contributed by atoms with Crippen molar-refractivity contribution in [1.82, 2.24) is 20.0 Å². The first-order valence-corrected chi connectivity index (χ1v) is 11.8. The highest BCUT2D eigenvalue weighted by Crippen LogP contribution is 2.28. The zero-order valence-corrected chi connectivity index (χ0v) is 19.9. The number of hydrogen-bond donors (Lipinski definition) is 1. The van der Waals surface area contributed by atoms with Gasteiger partial charge in [-0.05, 0) is 61.9 Å². The van der Waals surface area contributed by atoms with Crippen LogP contribution in [0.4, 0.5) is 5.13 Å². The number of esters is 1. The SMILES string of the molecule is COC(=O)c1ccc(CSc2nnc(NC(=O)c3ccc(-n4nc(C)cc4C)cc3)s2)cc1. The highest BCUT2D eigenvalue weighted by molar-refractivity contribution is 8.00. The zero-order valence-electron chi connectivity index (χ0n) is 18.2. The summed E-state index contributed by atoms with van der Waals surface area (Å²) >= 11 is 2.82. The van der Waals surface area contributed by atoms with Gasteiger partial charge < -0.3 is 4.74 Å². The van der Waals surface area contributed by atoms with E-state index >= 15 is 0 Å². The van der Waals surface area contributed by atoms with Crippen molar-refractivity contribution < 1.29 is 14.3 Å². The number of rotatable bonds is 7. The van der Waals surface area contributed by atoms with Crippen LogP contribution in [0.15, 0.2) is 58.9 Å². The molecule has 2 aromatic heterocycles. The summed E-state index contributed by atoms with van der Waals surface area (Å²) in [5.41, 5.74) is 4.94. The lowest BCUT2D eigenvalue weighted by Gasteiger charge is -2.06. The molecule has 0 fully saturated rings. The Morgan fingerprint density at radius 1 is 1.03 bits per heavy atom. The van der Waals surface area contributed by atoms with Crippen molar-refractivity contribution in [3.8, 4) is 5.69 Å². The van der Waals surface area contributed by atoms with Crippen molar-refractivity contribution in [3.05, 3.63) is 82.7 Å². The van der Waals surface area contributed by atoms with Gasteiger partial charge in [-0.25, -0.2) is 9.48 Å². The third kappa shape index (κ3) is 5.47. The number of carbonyl (C=O) groups excluding carboxylic acids is 2. The standard InChI is InChI=1S/C23H21N5O3S2/c1-14-12-15(2)28(27-14)19-10-8-17(9-11-19)20(29)24-22-25-26-23(33-22)32-13-16-4-6-18(7-5-16)21(30)31-3/h4-12H,13H2,1-3H3,(H,24,25,29). The van der Waals surface area contributed by atoms with Gasteiger partial charge in [-0.1, -0.05) is 35.2 Å². The van der Waals surface area contributed by atoms with Gasteiger partial charge in [0.25, 0.3) is 5.91 Å². The monoisotopic (exact) mass is 479 g/mol. The summed E-state index contributed by atoms with van der Waals surface area (Å²) in [6.45, 7) is 3.93. The summed E-state index contributed by atoms with van der Waals surface area (Å²) in [4.78, 5) is 24.1. The van der Waals surface area contributed by atoms with Gasteiger partial charge in [0.15, 0.2) is 4.34 Å². The Hall–Kier alpha value is -3.50. The maximum Gasteiger partial charge on any atom is 0.337 e. The molecule has 4 aromatic rings. The molecule has 1 amide bonds. The normalized spacial score (nSPS) is 10.8. The maximum absolute atomic E-state index is 12.6. The average molecular weight is 480 g/mol. The first-order chi connectivity index (χ1) is 15.9. The van der Waals surface area contributed by atoms with E-state index in [2.05, 4.69) is 20.6 Å². The predicted octanol–water partition coefficient (Wildman–Crippen LogP) is 4.67. The number of anilines is 1. The van der Waals surface area contributed by atoms with Crippen molar-refractivity contribution >= 4 is 40.1 Å². The lowest BCUT2D eigenvalue weighted by atomic mass is 10.1. The minimum absolute atomic E-state index is 0.249. The van der Waals surface area contributed by atoms with E-state index in [0.717, 1.165) is 27.0 Å². The average Bonchev–Trinajstić information content (AvgIpc) is 3.42. The number of thioether (sulfide) groups is 1. The van der Waals surface area contributed by atoms with Gasteiger partial charge in [0.05, 0.1) is 24.1 Å². The van der Waals surface area contributed by atoms with Gasteiger partial charge in [0, 0.05) is 17.0 Å². The minimum Gasteiger partial charge on any atom is -0.465 e. The quantitative estimate of drug-likeness (QED) is 0.234. The topological polar surface area (TPSA) is 99.0 Å². The van der Waals surface area contributed by atoms with Gasteiger partial charge >= 0.3 is 5.97 Å².